The summed E-state index contributed by atoms with van der Waals surface area (Å²) in [5, 5.41) is 46.4. The summed E-state index contributed by atoms with van der Waals surface area (Å²) in [4.78, 5) is 96.8. The van der Waals surface area contributed by atoms with Crippen molar-refractivity contribution in [2.24, 2.45) is 17.4 Å². The predicted molar refractivity (Wildman–Crippen MR) is 267 cm³/mol. The molecule has 0 radical (unpaired) electrons. The zero-order chi connectivity index (χ0) is 51.2. The van der Waals surface area contributed by atoms with Crippen LogP contribution in [0.3, 0.4) is 0 Å². The van der Waals surface area contributed by atoms with E-state index in [0.717, 1.165) is 0 Å². The molecule has 8 atom stereocenters. The van der Waals surface area contributed by atoms with Gasteiger partial charge in [-0.1, -0.05) is 105 Å². The van der Waals surface area contributed by atoms with E-state index in [1.807, 2.05) is 6.92 Å². The van der Waals surface area contributed by atoms with E-state index in [0.29, 0.717) is 41.5 Å². The highest BCUT2D eigenvalue weighted by Gasteiger charge is 2.35. The average Bonchev–Trinajstić information content (AvgIpc) is 3.35. The number of phenolic OH excluding ortho intramolecular Hbond substituents is 2. The van der Waals surface area contributed by atoms with Gasteiger partial charge in [-0.25, -0.2) is 4.79 Å². The number of aliphatic carboxylic acids is 1. The second-order valence-electron chi connectivity index (χ2n) is 17.2. The number of benzene rings is 4. The highest BCUT2D eigenvalue weighted by Crippen LogP contribution is 2.16. The fraction of sp³-hybridized carbons (Fsp3) is 0.392. The summed E-state index contributed by atoms with van der Waals surface area (Å²) in [5.41, 5.74) is 14.0. The fourth-order valence-electron chi connectivity index (χ4n) is 7.42. The van der Waals surface area contributed by atoms with Crippen LogP contribution in [0.5, 0.6) is 11.5 Å². The van der Waals surface area contributed by atoms with Gasteiger partial charge in [0.1, 0.15) is 47.8 Å². The van der Waals surface area contributed by atoms with Crippen molar-refractivity contribution in [2.45, 2.75) is 108 Å². The van der Waals surface area contributed by atoms with Crippen LogP contribution in [0.4, 0.5) is 0 Å². The zero-order valence-corrected chi connectivity index (χ0v) is 40.3. The maximum atomic E-state index is 14.5. The molecule has 0 saturated carbocycles. The van der Waals surface area contributed by atoms with Gasteiger partial charge in [-0.05, 0) is 78.2 Å². The van der Waals surface area contributed by atoms with E-state index >= 15 is 0 Å². The summed E-state index contributed by atoms with van der Waals surface area (Å²) in [6.45, 7) is 3.89. The number of nitrogens with two attached hydrogens (primary N) is 2. The number of carbonyl (C=O) groups excluding carboxylic acids is 6. The molecule has 0 bridgehead atoms. The third-order valence-electron chi connectivity index (χ3n) is 11.7. The lowest BCUT2D eigenvalue weighted by Crippen LogP contribution is -2.61. The number of thiol groups is 1. The third-order valence-corrected chi connectivity index (χ3v) is 12.1. The number of hydrogen-bond acceptors (Lipinski definition) is 12. The molecular weight excluding hydrogens is 917 g/mol. The Bertz CT molecular complexity index is 2330. The van der Waals surface area contributed by atoms with Crippen molar-refractivity contribution < 1.29 is 48.9 Å². The first-order chi connectivity index (χ1) is 33.5. The highest BCUT2D eigenvalue weighted by molar-refractivity contribution is 7.80. The van der Waals surface area contributed by atoms with Crippen molar-refractivity contribution in [3.8, 4) is 11.5 Å². The number of amides is 6. The van der Waals surface area contributed by atoms with E-state index < -0.39 is 83.7 Å². The molecule has 0 aliphatic heterocycles. The first kappa shape index (κ1) is 55.6. The smallest absolute Gasteiger partial charge is 0.326 e. The maximum Gasteiger partial charge on any atom is 0.326 e. The minimum atomic E-state index is -1.41. The third kappa shape index (κ3) is 18.2. The van der Waals surface area contributed by atoms with Gasteiger partial charge in [-0.15, -0.1) is 0 Å². The quantitative estimate of drug-likeness (QED) is 0.0287. The average molecular weight is 983 g/mol. The van der Waals surface area contributed by atoms with Crippen LogP contribution in [0.2, 0.25) is 0 Å². The molecule has 376 valence electrons. The van der Waals surface area contributed by atoms with Gasteiger partial charge < -0.3 is 58.7 Å². The van der Waals surface area contributed by atoms with Crippen molar-refractivity contribution in [3.63, 3.8) is 0 Å². The molecule has 0 saturated heterocycles. The van der Waals surface area contributed by atoms with Crippen LogP contribution < -0.4 is 43.4 Å². The molecule has 18 nitrogen and oxygen atoms in total. The summed E-state index contributed by atoms with van der Waals surface area (Å²) in [7, 11) is 0. The van der Waals surface area contributed by atoms with E-state index in [2.05, 4.69) is 44.5 Å². The van der Waals surface area contributed by atoms with Crippen LogP contribution in [0.1, 0.15) is 61.8 Å². The number of aromatic hydroxyl groups is 2. The van der Waals surface area contributed by atoms with E-state index in [1.165, 1.54) is 36.4 Å². The molecule has 19 heteroatoms. The van der Waals surface area contributed by atoms with Crippen LogP contribution in [0.15, 0.2) is 109 Å². The molecule has 4 aromatic rings. The van der Waals surface area contributed by atoms with Gasteiger partial charge in [0.05, 0.1) is 6.04 Å². The van der Waals surface area contributed by atoms with Crippen molar-refractivity contribution in [3.05, 3.63) is 131 Å². The monoisotopic (exact) mass is 982 g/mol. The molecule has 0 fully saturated rings. The van der Waals surface area contributed by atoms with Gasteiger partial charge in [0.2, 0.25) is 35.4 Å². The molecular formula is C51H66N8O10S. The van der Waals surface area contributed by atoms with E-state index in [1.54, 1.807) is 79.7 Å². The van der Waals surface area contributed by atoms with Gasteiger partial charge in [0.15, 0.2) is 0 Å². The Morgan fingerprint density at radius 2 is 0.886 bits per heavy atom. The maximum absolute atomic E-state index is 14.5. The molecule has 0 spiro atoms. The van der Waals surface area contributed by atoms with Crippen molar-refractivity contribution in [1.82, 2.24) is 31.9 Å². The molecule has 4 aromatic carbocycles. The summed E-state index contributed by atoms with van der Waals surface area (Å²) in [5.74, 6) is -6.20. The standard InChI is InChI=1S/C51H66N8O10S/c1-3-31(2)44(59-45(62)38(53)30-70)50(67)57-42(26-32-12-6-4-7-13-32)47(64)54-39(16-10-11-25-52)46(63)55-40(27-34-17-21-36(60)22-18-34)48(65)56-41(28-35-19-23-37(61)24-20-35)49(66)58-43(51(68)69)29-33-14-8-5-9-15-33/h4-9,12-15,17-24,31,38-44,60-61,70H,3,10-11,16,25-30,52-53H2,1-2H3,(H,54,64)(H,55,63)(H,56,65)(H,57,67)(H,58,66)(H,59,62)(H,68,69)/t31-,38-,39-,40-,41-,42-,43-,44-/m0/s1. The van der Waals surface area contributed by atoms with Crippen molar-refractivity contribution >= 4 is 54.0 Å². The highest BCUT2D eigenvalue weighted by atomic mass is 32.1. The van der Waals surface area contributed by atoms with Crippen LogP contribution in [-0.4, -0.2) is 111 Å². The van der Waals surface area contributed by atoms with E-state index in [4.69, 9.17) is 11.5 Å². The summed E-state index contributed by atoms with van der Waals surface area (Å²) in [6, 6.07) is 20.5. The second kappa shape index (κ2) is 28.5. The SMILES string of the molecule is CC[C@H](C)[C@H](NC(=O)[C@@H](N)CS)C(=O)N[C@@H](Cc1ccccc1)C(=O)N[C@@H](CCCCN)C(=O)N[C@@H](Cc1ccc(O)cc1)C(=O)N[C@@H](Cc1ccc(O)cc1)C(=O)N[C@@H](Cc1ccccc1)C(=O)O. The van der Waals surface area contributed by atoms with Gasteiger partial charge in [0.25, 0.3) is 0 Å². The number of carboxylic acid groups (broad SMARTS) is 1. The number of carbonyl (C=O) groups is 7. The first-order valence-electron chi connectivity index (χ1n) is 23.3. The molecule has 13 N–H and O–H groups in total. The largest absolute Gasteiger partial charge is 0.508 e. The Balaban J connectivity index is 1.66. The molecule has 0 heterocycles. The molecule has 0 aliphatic carbocycles. The predicted octanol–water partition coefficient (Wildman–Crippen LogP) is 1.79. The topological polar surface area (TPSA) is 304 Å². The minimum Gasteiger partial charge on any atom is -0.508 e. The van der Waals surface area contributed by atoms with Gasteiger partial charge in [0, 0.05) is 31.4 Å². The Kier molecular flexibility index (Phi) is 22.7. The Hall–Kier alpha value is -6.96. The first-order valence-corrected chi connectivity index (χ1v) is 23.9. The number of hydrogen-bond donors (Lipinski definition) is 12. The Morgan fingerprint density at radius 3 is 1.29 bits per heavy atom. The van der Waals surface area contributed by atoms with E-state index in [-0.39, 0.29) is 61.8 Å². The summed E-state index contributed by atoms with van der Waals surface area (Å²) >= 11 is 4.10. The van der Waals surface area contributed by atoms with Gasteiger partial charge in [-0.2, -0.15) is 12.6 Å². The Morgan fingerprint density at radius 1 is 0.514 bits per heavy atom. The summed E-state index contributed by atoms with van der Waals surface area (Å²) in [6.07, 6.45) is 1.03. The zero-order valence-electron chi connectivity index (χ0n) is 39.4. The number of nitrogens with one attached hydrogen (secondary N) is 6. The lowest BCUT2D eigenvalue weighted by Gasteiger charge is -2.29. The molecule has 4 rings (SSSR count). The second-order valence-corrected chi connectivity index (χ2v) is 17.6. The molecule has 0 aliphatic rings. The normalized spacial score (nSPS) is 14.5. The van der Waals surface area contributed by atoms with Gasteiger partial charge >= 0.3 is 5.97 Å². The number of unbranched alkanes of at least 4 members (excludes halogenated alkanes) is 1. The van der Waals surface area contributed by atoms with Crippen molar-refractivity contribution in [2.75, 3.05) is 12.3 Å². The molecule has 0 unspecified atom stereocenters. The van der Waals surface area contributed by atoms with Crippen LogP contribution in [0, 0.1) is 5.92 Å². The number of phenols is 2. The minimum absolute atomic E-state index is 0.00265. The van der Waals surface area contributed by atoms with Crippen molar-refractivity contribution in [1.29, 1.82) is 0 Å². The van der Waals surface area contributed by atoms with Crippen LogP contribution in [-0.2, 0) is 59.2 Å². The molecule has 70 heavy (non-hydrogen) atoms. The number of carboxylic acids is 1. The van der Waals surface area contributed by atoms with E-state index in [9.17, 15) is 48.9 Å². The van der Waals surface area contributed by atoms with Crippen LogP contribution >= 0.6 is 12.6 Å². The Labute approximate surface area is 413 Å². The van der Waals surface area contributed by atoms with Gasteiger partial charge in [-0.3, -0.25) is 28.8 Å². The molecule has 6 amide bonds. The fourth-order valence-corrected chi connectivity index (χ4v) is 7.59. The molecule has 0 aromatic heterocycles. The lowest BCUT2D eigenvalue weighted by molar-refractivity contribution is -0.142. The van der Waals surface area contributed by atoms with Crippen LogP contribution in [0.25, 0.3) is 0 Å². The lowest BCUT2D eigenvalue weighted by atomic mass is 9.96. The number of rotatable bonds is 28. The summed E-state index contributed by atoms with van der Waals surface area (Å²) < 4.78 is 0.